The van der Waals surface area contributed by atoms with Gasteiger partial charge in [-0.1, -0.05) is 0 Å². The number of carbonyl (C=O) groups excluding carboxylic acids is 1. The molecule has 0 spiro atoms. The minimum absolute atomic E-state index is 0.0700. The van der Waals surface area contributed by atoms with Gasteiger partial charge in [-0.15, -0.1) is 0 Å². The number of hydrogen-bond acceptors (Lipinski definition) is 2. The van der Waals surface area contributed by atoms with E-state index in [-0.39, 0.29) is 5.91 Å². The summed E-state index contributed by atoms with van der Waals surface area (Å²) in [5, 5.41) is 5.64. The van der Waals surface area contributed by atoms with Gasteiger partial charge in [0, 0.05) is 7.05 Å². The van der Waals surface area contributed by atoms with Gasteiger partial charge in [0.2, 0.25) is 5.91 Å². The number of hydrogen-bond donors (Lipinski definition) is 2. The highest BCUT2D eigenvalue weighted by Gasteiger charge is 2.20. The maximum Gasteiger partial charge on any atom is 0.233 e. The van der Waals surface area contributed by atoms with E-state index in [1.165, 1.54) is 12.8 Å². The first-order chi connectivity index (χ1) is 4.83. The molecule has 1 saturated carbocycles. The highest BCUT2D eigenvalue weighted by atomic mass is 16.1. The van der Waals surface area contributed by atoms with Crippen molar-refractivity contribution in [2.45, 2.75) is 12.8 Å². The molecule has 0 unspecified atom stereocenters. The van der Waals surface area contributed by atoms with Crippen LogP contribution in [-0.2, 0) is 4.79 Å². The molecule has 1 aliphatic carbocycles. The molecule has 0 bridgehead atoms. The second-order valence-electron chi connectivity index (χ2n) is 2.75. The number of nitrogens with one attached hydrogen (secondary N) is 2. The second-order valence-corrected chi connectivity index (χ2v) is 2.75. The fourth-order valence-corrected chi connectivity index (χ4v) is 0.800. The van der Waals surface area contributed by atoms with Crippen LogP contribution in [0.5, 0.6) is 0 Å². The summed E-state index contributed by atoms with van der Waals surface area (Å²) >= 11 is 0. The van der Waals surface area contributed by atoms with Crippen LogP contribution in [0.4, 0.5) is 0 Å². The molecule has 10 heavy (non-hydrogen) atoms. The Kier molecular flexibility index (Phi) is 2.68. The molecule has 0 saturated heterocycles. The van der Waals surface area contributed by atoms with E-state index in [2.05, 4.69) is 10.6 Å². The lowest BCUT2D eigenvalue weighted by Crippen LogP contribution is -2.32. The molecule has 3 heteroatoms. The van der Waals surface area contributed by atoms with E-state index >= 15 is 0 Å². The predicted octanol–water partition coefficient (Wildman–Crippen LogP) is -0.268. The Hall–Kier alpha value is -0.570. The Balaban J connectivity index is 1.88. The molecule has 1 amide bonds. The summed E-state index contributed by atoms with van der Waals surface area (Å²) in [6.07, 6.45) is 2.67. The molecular weight excluding hydrogens is 128 g/mol. The molecule has 0 radical (unpaired) electrons. The zero-order chi connectivity index (χ0) is 7.40. The van der Waals surface area contributed by atoms with E-state index in [9.17, 15) is 4.79 Å². The molecule has 3 nitrogen and oxygen atoms in total. The average Bonchev–Trinajstić information content (AvgIpc) is 2.71. The second kappa shape index (κ2) is 3.56. The van der Waals surface area contributed by atoms with Gasteiger partial charge in [0.15, 0.2) is 0 Å². The third-order valence-electron chi connectivity index (χ3n) is 1.69. The summed E-state index contributed by atoms with van der Waals surface area (Å²) in [5.74, 6) is 0.922. The number of carbonyl (C=O) groups is 1. The first-order valence-electron chi connectivity index (χ1n) is 3.74. The van der Waals surface area contributed by atoms with Crippen LogP contribution in [0, 0.1) is 5.92 Å². The van der Waals surface area contributed by atoms with Crippen LogP contribution >= 0.6 is 0 Å². The standard InChI is InChI=1S/C7H14N2O/c1-8-7(10)5-9-4-6-2-3-6/h6,9H,2-5H2,1H3,(H,8,10). The highest BCUT2D eigenvalue weighted by molar-refractivity contribution is 5.77. The van der Waals surface area contributed by atoms with E-state index in [1.807, 2.05) is 0 Å². The molecular formula is C7H14N2O. The molecule has 0 aromatic heterocycles. The van der Waals surface area contributed by atoms with Crippen molar-refractivity contribution in [2.24, 2.45) is 5.92 Å². The third kappa shape index (κ3) is 2.82. The fourth-order valence-electron chi connectivity index (χ4n) is 0.800. The molecule has 0 aromatic rings. The van der Waals surface area contributed by atoms with Crippen molar-refractivity contribution >= 4 is 5.91 Å². The predicted molar refractivity (Wildman–Crippen MR) is 39.7 cm³/mol. The summed E-state index contributed by atoms with van der Waals surface area (Å²) in [6, 6.07) is 0. The number of amides is 1. The maximum absolute atomic E-state index is 10.6. The van der Waals surface area contributed by atoms with Gasteiger partial charge >= 0.3 is 0 Å². The molecule has 2 N–H and O–H groups in total. The van der Waals surface area contributed by atoms with Crippen molar-refractivity contribution in [3.05, 3.63) is 0 Å². The van der Waals surface area contributed by atoms with Crippen LogP contribution in [0.25, 0.3) is 0 Å². The van der Waals surface area contributed by atoms with Gasteiger partial charge in [-0.3, -0.25) is 4.79 Å². The summed E-state index contributed by atoms with van der Waals surface area (Å²) < 4.78 is 0. The number of likely N-dealkylation sites (N-methyl/N-ethyl adjacent to an activating group) is 1. The van der Waals surface area contributed by atoms with Crippen molar-refractivity contribution in [3.63, 3.8) is 0 Å². The normalized spacial score (nSPS) is 16.9. The van der Waals surface area contributed by atoms with Gasteiger partial charge < -0.3 is 10.6 Å². The molecule has 1 aliphatic rings. The van der Waals surface area contributed by atoms with Crippen molar-refractivity contribution in [1.82, 2.24) is 10.6 Å². The summed E-state index contributed by atoms with van der Waals surface area (Å²) in [6.45, 7) is 1.47. The van der Waals surface area contributed by atoms with Gasteiger partial charge in [-0.25, -0.2) is 0 Å². The van der Waals surface area contributed by atoms with E-state index in [1.54, 1.807) is 7.05 Å². The van der Waals surface area contributed by atoms with E-state index in [0.29, 0.717) is 6.54 Å². The summed E-state index contributed by atoms with van der Waals surface area (Å²) in [7, 11) is 1.65. The Morgan fingerprint density at radius 2 is 2.30 bits per heavy atom. The third-order valence-corrected chi connectivity index (χ3v) is 1.69. The zero-order valence-electron chi connectivity index (χ0n) is 6.31. The molecule has 58 valence electrons. The van der Waals surface area contributed by atoms with E-state index < -0.39 is 0 Å². The van der Waals surface area contributed by atoms with Gasteiger partial charge in [0.1, 0.15) is 0 Å². The largest absolute Gasteiger partial charge is 0.358 e. The monoisotopic (exact) mass is 142 g/mol. The summed E-state index contributed by atoms with van der Waals surface area (Å²) in [5.41, 5.74) is 0. The topological polar surface area (TPSA) is 41.1 Å². The van der Waals surface area contributed by atoms with Crippen molar-refractivity contribution in [1.29, 1.82) is 0 Å². The molecule has 0 aromatic carbocycles. The SMILES string of the molecule is CNC(=O)CNCC1CC1. The minimum atomic E-state index is 0.0700. The average molecular weight is 142 g/mol. The zero-order valence-corrected chi connectivity index (χ0v) is 6.31. The van der Waals surface area contributed by atoms with Crippen LogP contribution in [0.1, 0.15) is 12.8 Å². The lowest BCUT2D eigenvalue weighted by Gasteiger charge is -2.00. The van der Waals surface area contributed by atoms with Crippen LogP contribution in [0.2, 0.25) is 0 Å². The van der Waals surface area contributed by atoms with Crippen LogP contribution in [0.3, 0.4) is 0 Å². The Morgan fingerprint density at radius 3 is 2.80 bits per heavy atom. The highest BCUT2D eigenvalue weighted by Crippen LogP contribution is 2.27. The Bertz CT molecular complexity index is 121. The van der Waals surface area contributed by atoms with E-state index in [4.69, 9.17) is 0 Å². The van der Waals surface area contributed by atoms with Crippen LogP contribution < -0.4 is 10.6 Å². The number of rotatable bonds is 4. The van der Waals surface area contributed by atoms with E-state index in [0.717, 1.165) is 12.5 Å². The molecule has 0 atom stereocenters. The quantitative estimate of drug-likeness (QED) is 0.567. The van der Waals surface area contributed by atoms with Crippen LogP contribution in [0.15, 0.2) is 0 Å². The van der Waals surface area contributed by atoms with Gasteiger partial charge in [0.05, 0.1) is 6.54 Å². The lowest BCUT2D eigenvalue weighted by atomic mass is 10.4. The molecule has 1 rings (SSSR count). The molecule has 0 aliphatic heterocycles. The fraction of sp³-hybridized carbons (Fsp3) is 0.857. The maximum atomic E-state index is 10.6. The Labute approximate surface area is 61.2 Å². The molecule has 1 fully saturated rings. The molecule has 0 heterocycles. The van der Waals surface area contributed by atoms with Crippen molar-refractivity contribution < 1.29 is 4.79 Å². The summed E-state index contributed by atoms with van der Waals surface area (Å²) in [4.78, 5) is 10.6. The van der Waals surface area contributed by atoms with Gasteiger partial charge in [-0.05, 0) is 25.3 Å². The Morgan fingerprint density at radius 1 is 1.60 bits per heavy atom. The van der Waals surface area contributed by atoms with Crippen LogP contribution in [-0.4, -0.2) is 26.0 Å². The van der Waals surface area contributed by atoms with Crippen molar-refractivity contribution in [3.8, 4) is 0 Å². The first-order valence-corrected chi connectivity index (χ1v) is 3.74. The van der Waals surface area contributed by atoms with Crippen molar-refractivity contribution in [2.75, 3.05) is 20.1 Å². The van der Waals surface area contributed by atoms with Gasteiger partial charge in [-0.2, -0.15) is 0 Å². The smallest absolute Gasteiger partial charge is 0.233 e. The first kappa shape index (κ1) is 7.54. The van der Waals surface area contributed by atoms with Gasteiger partial charge in [0.25, 0.3) is 0 Å². The lowest BCUT2D eigenvalue weighted by molar-refractivity contribution is -0.119. The minimum Gasteiger partial charge on any atom is -0.358 e.